The van der Waals surface area contributed by atoms with E-state index in [1.807, 2.05) is 36.4 Å². The van der Waals surface area contributed by atoms with Crippen molar-refractivity contribution in [2.45, 2.75) is 32.0 Å². The summed E-state index contributed by atoms with van der Waals surface area (Å²) in [7, 11) is 1.65. The molecule has 0 amide bonds. The number of hydrogen-bond acceptors (Lipinski definition) is 9. The molecule has 192 valence electrons. The Bertz CT molecular complexity index is 1250. The highest BCUT2D eigenvalue weighted by atomic mass is 16.5. The van der Waals surface area contributed by atoms with Gasteiger partial charge < -0.3 is 24.3 Å². The van der Waals surface area contributed by atoms with Gasteiger partial charge >= 0.3 is 0 Å². The summed E-state index contributed by atoms with van der Waals surface area (Å²) >= 11 is 0. The molecule has 2 fully saturated rings. The minimum Gasteiger partial charge on any atom is -0.496 e. The Labute approximate surface area is 217 Å². The first-order valence-electron chi connectivity index (χ1n) is 12.6. The molecule has 9 nitrogen and oxygen atoms in total. The van der Waals surface area contributed by atoms with Crippen molar-refractivity contribution in [1.82, 2.24) is 14.9 Å². The number of methoxy groups -OCH3 is 1. The van der Waals surface area contributed by atoms with E-state index >= 15 is 0 Å². The van der Waals surface area contributed by atoms with Crippen LogP contribution >= 0.6 is 0 Å². The highest BCUT2D eigenvalue weighted by molar-refractivity contribution is 5.66. The van der Waals surface area contributed by atoms with Gasteiger partial charge in [0.1, 0.15) is 23.7 Å². The SMILES string of the molecule is COc1cc(Nc2nccc(-c3ccc(OC4CCOCC4)c(C#N)c3)n2)ccc1COCN1CCC1. The fraction of sp³-hybridized carbons (Fsp3) is 0.393. The van der Waals surface area contributed by atoms with Crippen LogP contribution in [-0.4, -0.2) is 61.1 Å². The fourth-order valence-electron chi connectivity index (χ4n) is 4.30. The van der Waals surface area contributed by atoms with Crippen molar-refractivity contribution in [3.63, 3.8) is 0 Å². The van der Waals surface area contributed by atoms with Crippen molar-refractivity contribution in [2.24, 2.45) is 0 Å². The van der Waals surface area contributed by atoms with Gasteiger partial charge in [-0.25, -0.2) is 9.97 Å². The Morgan fingerprint density at radius 3 is 2.73 bits per heavy atom. The van der Waals surface area contributed by atoms with Gasteiger partial charge in [-0.3, -0.25) is 4.90 Å². The molecule has 0 unspecified atom stereocenters. The zero-order chi connectivity index (χ0) is 25.5. The number of benzene rings is 2. The van der Waals surface area contributed by atoms with E-state index in [9.17, 15) is 5.26 Å². The molecule has 0 atom stereocenters. The number of aromatic nitrogens is 2. The lowest BCUT2D eigenvalue weighted by molar-refractivity contribution is -0.0116. The minimum absolute atomic E-state index is 0.0667. The second kappa shape index (κ2) is 12.0. The molecule has 0 bridgehead atoms. The summed E-state index contributed by atoms with van der Waals surface area (Å²) in [5.41, 5.74) is 3.78. The van der Waals surface area contributed by atoms with Gasteiger partial charge in [-0.2, -0.15) is 5.26 Å². The van der Waals surface area contributed by atoms with Crippen LogP contribution in [0.3, 0.4) is 0 Å². The molecule has 1 aromatic heterocycles. The molecule has 2 aromatic carbocycles. The van der Waals surface area contributed by atoms with E-state index in [2.05, 4.69) is 26.3 Å². The third kappa shape index (κ3) is 6.35. The van der Waals surface area contributed by atoms with Crippen LogP contribution in [0.5, 0.6) is 11.5 Å². The smallest absolute Gasteiger partial charge is 0.227 e. The van der Waals surface area contributed by atoms with Crippen molar-refractivity contribution < 1.29 is 18.9 Å². The number of ether oxygens (including phenoxy) is 4. The van der Waals surface area contributed by atoms with Crippen molar-refractivity contribution in [3.8, 4) is 28.8 Å². The van der Waals surface area contributed by atoms with Crippen molar-refractivity contribution in [2.75, 3.05) is 45.5 Å². The molecular weight excluding hydrogens is 470 g/mol. The van der Waals surface area contributed by atoms with Crippen LogP contribution in [0.1, 0.15) is 30.4 Å². The molecular formula is C28H31N5O4. The molecule has 37 heavy (non-hydrogen) atoms. The Hall–Kier alpha value is -3.71. The Balaban J connectivity index is 1.27. The van der Waals surface area contributed by atoms with Gasteiger partial charge in [0.05, 0.1) is 44.9 Å². The van der Waals surface area contributed by atoms with Crippen LogP contribution < -0.4 is 14.8 Å². The highest BCUT2D eigenvalue weighted by Crippen LogP contribution is 2.29. The van der Waals surface area contributed by atoms with Crippen LogP contribution in [-0.2, 0) is 16.1 Å². The maximum atomic E-state index is 9.71. The van der Waals surface area contributed by atoms with Crippen LogP contribution in [0.2, 0.25) is 0 Å². The molecule has 0 radical (unpaired) electrons. The minimum atomic E-state index is 0.0667. The van der Waals surface area contributed by atoms with Gasteiger partial charge in [0.2, 0.25) is 5.95 Å². The second-order valence-electron chi connectivity index (χ2n) is 9.12. The van der Waals surface area contributed by atoms with Crippen LogP contribution in [0.25, 0.3) is 11.3 Å². The number of nitrogens with zero attached hydrogens (tertiary/aromatic N) is 4. The maximum Gasteiger partial charge on any atom is 0.227 e. The first-order valence-corrected chi connectivity index (χ1v) is 12.6. The zero-order valence-corrected chi connectivity index (χ0v) is 21.0. The molecule has 2 aliphatic heterocycles. The molecule has 2 saturated heterocycles. The molecule has 3 aromatic rings. The van der Waals surface area contributed by atoms with E-state index in [-0.39, 0.29) is 6.10 Å². The summed E-state index contributed by atoms with van der Waals surface area (Å²) in [5.74, 6) is 1.78. The van der Waals surface area contributed by atoms with Crippen LogP contribution in [0, 0.1) is 11.3 Å². The monoisotopic (exact) mass is 501 g/mol. The van der Waals surface area contributed by atoms with Crippen molar-refractivity contribution in [1.29, 1.82) is 5.26 Å². The summed E-state index contributed by atoms with van der Waals surface area (Å²) in [6, 6.07) is 15.5. The normalized spacial score (nSPS) is 16.0. The molecule has 5 rings (SSSR count). The van der Waals surface area contributed by atoms with Gasteiger partial charge in [-0.1, -0.05) is 6.07 Å². The van der Waals surface area contributed by atoms with Crippen molar-refractivity contribution >= 4 is 11.6 Å². The molecule has 9 heteroatoms. The average molecular weight is 502 g/mol. The van der Waals surface area contributed by atoms with Crippen LogP contribution in [0.4, 0.5) is 11.6 Å². The average Bonchev–Trinajstić information content (AvgIpc) is 2.91. The van der Waals surface area contributed by atoms with Gasteiger partial charge in [-0.15, -0.1) is 0 Å². The fourth-order valence-corrected chi connectivity index (χ4v) is 4.30. The first kappa shape index (κ1) is 25.0. The maximum absolute atomic E-state index is 9.71. The standard InChI is InChI=1S/C28H31N5O4/c1-34-27-16-23(5-3-21(27)18-36-19-33-11-2-12-33)31-28-30-10-7-25(32-28)20-4-6-26(22(15-20)17-29)37-24-8-13-35-14-9-24/h3-7,10,15-16,24H,2,8-9,11-14,18-19H2,1H3,(H,30,31,32). The summed E-state index contributed by atoms with van der Waals surface area (Å²) in [6.45, 7) is 4.70. The quantitative estimate of drug-likeness (QED) is 0.430. The Kier molecular flexibility index (Phi) is 8.11. The number of nitrogens with one attached hydrogen (secondary N) is 1. The second-order valence-corrected chi connectivity index (χ2v) is 9.12. The number of likely N-dealkylation sites (tertiary alicyclic amines) is 1. The van der Waals surface area contributed by atoms with E-state index in [1.54, 1.807) is 19.4 Å². The lowest BCUT2D eigenvalue weighted by atomic mass is 10.1. The highest BCUT2D eigenvalue weighted by Gasteiger charge is 2.18. The first-order chi connectivity index (χ1) is 18.2. The Morgan fingerprint density at radius 1 is 1.11 bits per heavy atom. The number of nitriles is 1. The number of hydrogen-bond donors (Lipinski definition) is 1. The molecule has 0 saturated carbocycles. The third-order valence-corrected chi connectivity index (χ3v) is 6.54. The van der Waals surface area contributed by atoms with Gasteiger partial charge in [-0.05, 0) is 36.8 Å². The lowest BCUT2D eigenvalue weighted by Gasteiger charge is -2.30. The summed E-state index contributed by atoms with van der Waals surface area (Å²) in [4.78, 5) is 11.3. The molecule has 0 spiro atoms. The molecule has 2 aliphatic rings. The molecule has 1 N–H and O–H groups in total. The Morgan fingerprint density at radius 2 is 1.97 bits per heavy atom. The predicted octanol–water partition coefficient (Wildman–Crippen LogP) is 4.51. The van der Waals surface area contributed by atoms with E-state index < -0.39 is 0 Å². The summed E-state index contributed by atoms with van der Waals surface area (Å²) in [5, 5.41) is 13.0. The topological polar surface area (TPSA) is 102 Å². The zero-order valence-electron chi connectivity index (χ0n) is 21.0. The van der Waals surface area contributed by atoms with E-state index in [1.165, 1.54) is 6.42 Å². The predicted molar refractivity (Wildman–Crippen MR) is 139 cm³/mol. The lowest BCUT2D eigenvalue weighted by Crippen LogP contribution is -2.38. The van der Waals surface area contributed by atoms with E-state index in [0.717, 1.165) is 48.5 Å². The van der Waals surface area contributed by atoms with Gasteiger partial charge in [0.15, 0.2) is 0 Å². The summed E-state index contributed by atoms with van der Waals surface area (Å²) < 4.78 is 22.9. The number of anilines is 2. The van der Waals surface area contributed by atoms with E-state index in [4.69, 9.17) is 18.9 Å². The van der Waals surface area contributed by atoms with E-state index in [0.29, 0.717) is 49.5 Å². The van der Waals surface area contributed by atoms with Gasteiger partial charge in [0, 0.05) is 55.0 Å². The number of rotatable bonds is 10. The molecule has 0 aliphatic carbocycles. The van der Waals surface area contributed by atoms with Crippen LogP contribution in [0.15, 0.2) is 48.7 Å². The largest absolute Gasteiger partial charge is 0.496 e. The van der Waals surface area contributed by atoms with Crippen molar-refractivity contribution in [3.05, 3.63) is 59.8 Å². The molecule has 3 heterocycles. The summed E-state index contributed by atoms with van der Waals surface area (Å²) in [6.07, 6.45) is 4.65. The third-order valence-electron chi connectivity index (χ3n) is 6.54. The van der Waals surface area contributed by atoms with Gasteiger partial charge in [0.25, 0.3) is 0 Å².